The van der Waals surface area contributed by atoms with Gasteiger partial charge in [0, 0.05) is 30.6 Å². The molecule has 1 amide bonds. The van der Waals surface area contributed by atoms with Gasteiger partial charge >= 0.3 is 0 Å². The molecule has 2 aliphatic heterocycles. The smallest absolute Gasteiger partial charge is 0.226 e. The topological polar surface area (TPSA) is 44.4 Å². The van der Waals surface area contributed by atoms with Crippen molar-refractivity contribution in [2.45, 2.75) is 57.4 Å². The van der Waals surface area contributed by atoms with E-state index in [9.17, 15) is 4.79 Å². The fraction of sp³-hybridized carbons (Fsp3) is 0.667. The van der Waals surface area contributed by atoms with Crippen molar-refractivity contribution in [3.05, 3.63) is 29.3 Å². The third-order valence-corrected chi connectivity index (χ3v) is 6.11. The lowest BCUT2D eigenvalue weighted by molar-refractivity contribution is -0.118. The van der Waals surface area contributed by atoms with E-state index in [2.05, 4.69) is 35.8 Å². The van der Waals surface area contributed by atoms with Crippen LogP contribution in [0.2, 0.25) is 0 Å². The summed E-state index contributed by atoms with van der Waals surface area (Å²) in [7, 11) is 0. The molecule has 25 heavy (non-hydrogen) atoms. The number of carbonyl (C=O) groups is 1. The predicted octanol–water partition coefficient (Wildman–Crippen LogP) is 2.82. The molecule has 1 aromatic rings. The number of nitrogens with one attached hydrogen (secondary N) is 2. The number of amides is 1. The van der Waals surface area contributed by atoms with E-state index in [1.807, 2.05) is 4.90 Å². The zero-order valence-electron chi connectivity index (χ0n) is 15.4. The number of hydrogen-bond acceptors (Lipinski definition) is 3. The molecule has 0 bridgehead atoms. The van der Waals surface area contributed by atoms with Crippen molar-refractivity contribution in [1.82, 2.24) is 10.6 Å². The van der Waals surface area contributed by atoms with Crippen LogP contribution in [0, 0.1) is 5.92 Å². The van der Waals surface area contributed by atoms with Gasteiger partial charge < -0.3 is 15.5 Å². The minimum Gasteiger partial charge on any atom is -0.317 e. The minimum absolute atomic E-state index is 0.280. The van der Waals surface area contributed by atoms with Gasteiger partial charge in [-0.05, 0) is 74.8 Å². The fourth-order valence-electron chi connectivity index (χ4n) is 4.45. The summed E-state index contributed by atoms with van der Waals surface area (Å²) in [5.41, 5.74) is 3.99. The summed E-state index contributed by atoms with van der Waals surface area (Å²) < 4.78 is 0. The van der Waals surface area contributed by atoms with Crippen molar-refractivity contribution >= 4 is 11.6 Å². The highest BCUT2D eigenvalue weighted by Gasteiger charge is 2.39. The molecule has 136 valence electrons. The molecule has 1 saturated carbocycles. The zero-order chi connectivity index (χ0) is 17.2. The number of nitrogens with zero attached hydrogens (tertiary/aromatic N) is 1. The highest BCUT2D eigenvalue weighted by Crippen LogP contribution is 2.43. The van der Waals surface area contributed by atoms with E-state index in [0.29, 0.717) is 18.4 Å². The monoisotopic (exact) mass is 341 g/mol. The predicted molar refractivity (Wildman–Crippen MR) is 102 cm³/mol. The minimum atomic E-state index is 0.280. The molecule has 0 aromatic heterocycles. The number of anilines is 1. The summed E-state index contributed by atoms with van der Waals surface area (Å²) in [4.78, 5) is 14.2. The first-order chi connectivity index (χ1) is 12.3. The van der Waals surface area contributed by atoms with E-state index in [1.54, 1.807) is 0 Å². The lowest BCUT2D eigenvalue weighted by Crippen LogP contribution is -2.34. The van der Waals surface area contributed by atoms with Gasteiger partial charge in [0.2, 0.25) is 5.91 Å². The molecule has 0 radical (unpaired) electrons. The van der Waals surface area contributed by atoms with Gasteiger partial charge in [-0.15, -0.1) is 0 Å². The number of carbonyl (C=O) groups excluding carboxylic acids is 1. The van der Waals surface area contributed by atoms with Crippen LogP contribution in [0.15, 0.2) is 18.2 Å². The highest BCUT2D eigenvalue weighted by molar-refractivity contribution is 5.95. The lowest BCUT2D eigenvalue weighted by Gasteiger charge is -2.23. The maximum Gasteiger partial charge on any atom is 0.226 e. The fourth-order valence-corrected chi connectivity index (χ4v) is 4.45. The van der Waals surface area contributed by atoms with Gasteiger partial charge in [0.25, 0.3) is 0 Å². The Morgan fingerprint density at radius 1 is 1.32 bits per heavy atom. The van der Waals surface area contributed by atoms with Gasteiger partial charge in [-0.3, -0.25) is 4.79 Å². The van der Waals surface area contributed by atoms with E-state index >= 15 is 0 Å². The second-order valence-electron chi connectivity index (χ2n) is 7.98. The van der Waals surface area contributed by atoms with Crippen LogP contribution in [-0.4, -0.2) is 38.1 Å². The van der Waals surface area contributed by atoms with Crippen LogP contribution in [0.25, 0.3) is 0 Å². The first kappa shape index (κ1) is 17.0. The Labute approximate surface area is 151 Å². The van der Waals surface area contributed by atoms with Gasteiger partial charge in [-0.2, -0.15) is 0 Å². The quantitative estimate of drug-likeness (QED) is 0.836. The SMILES string of the molecule is CCCC(=O)N1CCc2cc([C@@H]3C[C@H]3NCC3CCNCC3)ccc21. The van der Waals surface area contributed by atoms with Crippen molar-refractivity contribution in [2.24, 2.45) is 5.92 Å². The van der Waals surface area contributed by atoms with Crippen LogP contribution >= 0.6 is 0 Å². The van der Waals surface area contributed by atoms with Gasteiger partial charge in [-0.25, -0.2) is 0 Å². The number of piperidine rings is 1. The van der Waals surface area contributed by atoms with Crippen molar-refractivity contribution in [3.63, 3.8) is 0 Å². The Hall–Kier alpha value is -1.39. The summed E-state index contributed by atoms with van der Waals surface area (Å²) in [5, 5.41) is 7.23. The molecule has 2 atom stereocenters. The summed E-state index contributed by atoms with van der Waals surface area (Å²) in [6, 6.07) is 7.47. The average Bonchev–Trinajstić information content (AvgIpc) is 3.30. The molecular formula is C21H31N3O. The number of hydrogen-bond donors (Lipinski definition) is 2. The van der Waals surface area contributed by atoms with Crippen LogP contribution in [0.4, 0.5) is 5.69 Å². The maximum absolute atomic E-state index is 12.2. The van der Waals surface area contributed by atoms with E-state index in [0.717, 1.165) is 31.0 Å². The van der Waals surface area contributed by atoms with Crippen LogP contribution in [0.3, 0.4) is 0 Å². The second kappa shape index (κ2) is 7.46. The molecule has 2 heterocycles. The number of rotatable bonds is 6. The van der Waals surface area contributed by atoms with Crippen LogP contribution in [-0.2, 0) is 11.2 Å². The first-order valence-electron chi connectivity index (χ1n) is 10.1. The molecule has 2 fully saturated rings. The van der Waals surface area contributed by atoms with E-state index in [4.69, 9.17) is 0 Å². The summed E-state index contributed by atoms with van der Waals surface area (Å²) >= 11 is 0. The van der Waals surface area contributed by atoms with Crippen LogP contribution in [0.5, 0.6) is 0 Å². The highest BCUT2D eigenvalue weighted by atomic mass is 16.2. The maximum atomic E-state index is 12.2. The average molecular weight is 341 g/mol. The van der Waals surface area contributed by atoms with Crippen molar-refractivity contribution in [3.8, 4) is 0 Å². The van der Waals surface area contributed by atoms with E-state index in [1.165, 1.54) is 50.0 Å². The normalized spacial score (nSPS) is 25.9. The Bertz CT molecular complexity index is 624. The summed E-state index contributed by atoms with van der Waals surface area (Å²) in [6.07, 6.45) is 6.48. The Balaban J connectivity index is 1.33. The largest absolute Gasteiger partial charge is 0.317 e. The van der Waals surface area contributed by atoms with Gasteiger partial charge in [-0.1, -0.05) is 19.1 Å². The summed E-state index contributed by atoms with van der Waals surface area (Å²) in [6.45, 7) is 6.46. The molecule has 2 N–H and O–H groups in total. The molecule has 0 spiro atoms. The zero-order valence-corrected chi connectivity index (χ0v) is 15.4. The van der Waals surface area contributed by atoms with Crippen molar-refractivity contribution < 1.29 is 4.79 Å². The molecule has 0 unspecified atom stereocenters. The number of benzene rings is 1. The van der Waals surface area contributed by atoms with Crippen molar-refractivity contribution in [2.75, 3.05) is 31.1 Å². The molecule has 4 rings (SSSR count). The van der Waals surface area contributed by atoms with E-state index in [-0.39, 0.29) is 5.91 Å². The molecule has 1 aromatic carbocycles. The third kappa shape index (κ3) is 3.75. The molecular weight excluding hydrogens is 310 g/mol. The first-order valence-corrected chi connectivity index (χ1v) is 10.1. The number of fused-ring (bicyclic) bond motifs is 1. The second-order valence-corrected chi connectivity index (χ2v) is 7.98. The third-order valence-electron chi connectivity index (χ3n) is 6.11. The van der Waals surface area contributed by atoms with Gasteiger partial charge in [0.1, 0.15) is 0 Å². The molecule has 1 saturated heterocycles. The molecule has 4 heteroatoms. The Morgan fingerprint density at radius 2 is 2.16 bits per heavy atom. The summed E-state index contributed by atoms with van der Waals surface area (Å²) in [5.74, 6) is 1.80. The molecule has 1 aliphatic carbocycles. The van der Waals surface area contributed by atoms with Gasteiger partial charge in [0.05, 0.1) is 0 Å². The molecule has 3 aliphatic rings. The van der Waals surface area contributed by atoms with E-state index < -0.39 is 0 Å². The standard InChI is InChI=1S/C21H31N3O/c1-2-3-21(25)24-11-8-17-12-16(4-5-20(17)24)18-13-19(18)23-14-15-6-9-22-10-7-15/h4-5,12,15,18-19,22-23H,2-3,6-11,13-14H2,1H3/t18-,19+/m0/s1. The van der Waals surface area contributed by atoms with Crippen LogP contribution < -0.4 is 15.5 Å². The molecule has 4 nitrogen and oxygen atoms in total. The Kier molecular flexibility index (Phi) is 5.09. The van der Waals surface area contributed by atoms with Crippen molar-refractivity contribution in [1.29, 1.82) is 0 Å². The van der Waals surface area contributed by atoms with Crippen LogP contribution in [0.1, 0.15) is 56.1 Å². The van der Waals surface area contributed by atoms with Gasteiger partial charge in [0.15, 0.2) is 0 Å². The Morgan fingerprint density at radius 3 is 2.96 bits per heavy atom. The lowest BCUT2D eigenvalue weighted by atomic mass is 9.98.